The van der Waals surface area contributed by atoms with Gasteiger partial charge in [-0.15, -0.1) is 0 Å². The van der Waals surface area contributed by atoms with Gasteiger partial charge in [0, 0.05) is 11.1 Å². The van der Waals surface area contributed by atoms with Crippen LogP contribution in [-0.4, -0.2) is 16.7 Å². The van der Waals surface area contributed by atoms with E-state index in [1.54, 1.807) is 11.8 Å². The molecule has 3 rings (SSSR count). The van der Waals surface area contributed by atoms with Gasteiger partial charge >= 0.3 is 0 Å². The summed E-state index contributed by atoms with van der Waals surface area (Å²) < 4.78 is 0. The largest absolute Gasteiger partial charge is 0.383 e. The first-order valence-corrected chi connectivity index (χ1v) is 6.26. The Labute approximate surface area is 103 Å². The summed E-state index contributed by atoms with van der Waals surface area (Å²) in [5.74, 6) is 1.39. The van der Waals surface area contributed by atoms with E-state index in [0.717, 1.165) is 32.6 Å². The van der Waals surface area contributed by atoms with Gasteiger partial charge in [0.1, 0.15) is 10.8 Å². The number of benzene rings is 1. The molecule has 0 amide bonds. The maximum absolute atomic E-state index is 5.89. The number of thiocarbonyl (C=S) groups is 1. The minimum absolute atomic E-state index is 0.577. The Morgan fingerprint density at radius 2 is 2.06 bits per heavy atom. The molecule has 1 fully saturated rings. The SMILES string of the molecule is NC1=NC(=C2SCNC2=S)c2ccccc21. The third-order valence-electron chi connectivity index (χ3n) is 2.56. The average molecular weight is 247 g/mol. The van der Waals surface area contributed by atoms with E-state index >= 15 is 0 Å². The molecule has 16 heavy (non-hydrogen) atoms. The highest BCUT2D eigenvalue weighted by Crippen LogP contribution is 2.36. The van der Waals surface area contributed by atoms with Gasteiger partial charge in [0.25, 0.3) is 0 Å². The Hall–Kier alpha value is -1.33. The molecule has 80 valence electrons. The van der Waals surface area contributed by atoms with Gasteiger partial charge in [0.15, 0.2) is 0 Å². The van der Waals surface area contributed by atoms with Crippen LogP contribution in [0.2, 0.25) is 0 Å². The first kappa shape index (κ1) is 9.86. The Balaban J connectivity index is 2.23. The molecule has 0 radical (unpaired) electrons. The van der Waals surface area contributed by atoms with Crippen molar-refractivity contribution in [1.29, 1.82) is 0 Å². The minimum atomic E-state index is 0.577. The summed E-state index contributed by atoms with van der Waals surface area (Å²) in [6.07, 6.45) is 0. The van der Waals surface area contributed by atoms with Crippen molar-refractivity contribution in [2.45, 2.75) is 0 Å². The van der Waals surface area contributed by atoms with Crippen molar-refractivity contribution in [3.05, 3.63) is 40.3 Å². The molecule has 0 atom stereocenters. The fraction of sp³-hybridized carbons (Fsp3) is 0.0909. The van der Waals surface area contributed by atoms with Gasteiger partial charge in [-0.05, 0) is 0 Å². The van der Waals surface area contributed by atoms with E-state index in [2.05, 4.69) is 10.3 Å². The number of nitrogens with zero attached hydrogens (tertiary/aromatic N) is 1. The molecule has 2 heterocycles. The molecule has 0 aliphatic carbocycles. The van der Waals surface area contributed by atoms with Gasteiger partial charge in [-0.25, -0.2) is 4.99 Å². The van der Waals surface area contributed by atoms with Gasteiger partial charge in [-0.1, -0.05) is 48.2 Å². The van der Waals surface area contributed by atoms with Crippen LogP contribution in [0.1, 0.15) is 11.1 Å². The van der Waals surface area contributed by atoms with Crippen molar-refractivity contribution in [3.63, 3.8) is 0 Å². The summed E-state index contributed by atoms with van der Waals surface area (Å²) in [7, 11) is 0. The topological polar surface area (TPSA) is 50.4 Å². The molecular formula is C11H9N3S2. The molecule has 1 aromatic rings. The molecule has 0 spiro atoms. The normalized spacial score (nSPS) is 23.0. The van der Waals surface area contributed by atoms with Crippen LogP contribution in [0.25, 0.3) is 5.70 Å². The summed E-state index contributed by atoms with van der Waals surface area (Å²) >= 11 is 6.92. The first-order chi connectivity index (χ1) is 7.77. The van der Waals surface area contributed by atoms with E-state index in [9.17, 15) is 0 Å². The van der Waals surface area contributed by atoms with Crippen molar-refractivity contribution >= 4 is 40.5 Å². The zero-order chi connectivity index (χ0) is 11.1. The zero-order valence-corrected chi connectivity index (χ0v) is 9.99. The van der Waals surface area contributed by atoms with Crippen LogP contribution in [0.5, 0.6) is 0 Å². The van der Waals surface area contributed by atoms with Crippen LogP contribution < -0.4 is 11.1 Å². The van der Waals surface area contributed by atoms with Gasteiger partial charge < -0.3 is 11.1 Å². The lowest BCUT2D eigenvalue weighted by molar-refractivity contribution is 1.18. The quantitative estimate of drug-likeness (QED) is 0.541. The fourth-order valence-corrected chi connectivity index (χ4v) is 3.12. The first-order valence-electron chi connectivity index (χ1n) is 4.86. The molecule has 0 saturated carbocycles. The van der Waals surface area contributed by atoms with Gasteiger partial charge in [-0.3, -0.25) is 0 Å². The van der Waals surface area contributed by atoms with E-state index in [1.807, 2.05) is 24.3 Å². The number of aliphatic imine (C=N–C) groups is 1. The zero-order valence-electron chi connectivity index (χ0n) is 8.36. The van der Waals surface area contributed by atoms with Crippen molar-refractivity contribution in [2.75, 3.05) is 5.88 Å². The number of amidine groups is 1. The number of rotatable bonds is 0. The third-order valence-corrected chi connectivity index (χ3v) is 4.01. The van der Waals surface area contributed by atoms with E-state index < -0.39 is 0 Å². The second-order valence-electron chi connectivity index (χ2n) is 3.51. The highest BCUT2D eigenvalue weighted by atomic mass is 32.2. The lowest BCUT2D eigenvalue weighted by atomic mass is 10.1. The van der Waals surface area contributed by atoms with Crippen LogP contribution in [0, 0.1) is 0 Å². The van der Waals surface area contributed by atoms with Crippen molar-refractivity contribution in [1.82, 2.24) is 5.32 Å². The van der Waals surface area contributed by atoms with Gasteiger partial charge in [-0.2, -0.15) is 0 Å². The Kier molecular flexibility index (Phi) is 2.22. The number of thioether (sulfide) groups is 1. The Morgan fingerprint density at radius 1 is 1.31 bits per heavy atom. The smallest absolute Gasteiger partial charge is 0.132 e. The molecule has 0 aromatic heterocycles. The van der Waals surface area contributed by atoms with Crippen LogP contribution in [0.15, 0.2) is 34.2 Å². The molecule has 0 unspecified atom stereocenters. The maximum atomic E-state index is 5.89. The average Bonchev–Trinajstić information content (AvgIpc) is 2.84. The van der Waals surface area contributed by atoms with E-state index in [4.69, 9.17) is 18.0 Å². The fourth-order valence-electron chi connectivity index (χ4n) is 1.82. The van der Waals surface area contributed by atoms with Crippen molar-refractivity contribution < 1.29 is 0 Å². The second kappa shape index (κ2) is 3.61. The molecule has 2 aliphatic rings. The van der Waals surface area contributed by atoms with Crippen molar-refractivity contribution in [2.24, 2.45) is 10.7 Å². The summed E-state index contributed by atoms with van der Waals surface area (Å²) in [4.78, 5) is 6.22. The molecule has 2 aliphatic heterocycles. The van der Waals surface area contributed by atoms with Crippen LogP contribution in [0.3, 0.4) is 0 Å². The summed E-state index contributed by atoms with van der Waals surface area (Å²) in [5.41, 5.74) is 8.88. The molecular weight excluding hydrogens is 238 g/mol. The number of nitrogens with one attached hydrogen (secondary N) is 1. The monoisotopic (exact) mass is 247 g/mol. The van der Waals surface area contributed by atoms with Crippen molar-refractivity contribution in [3.8, 4) is 0 Å². The Morgan fingerprint density at radius 3 is 2.75 bits per heavy atom. The molecule has 1 aromatic carbocycles. The minimum Gasteiger partial charge on any atom is -0.383 e. The van der Waals surface area contributed by atoms with Crippen LogP contribution in [0.4, 0.5) is 0 Å². The molecule has 3 N–H and O–H groups in total. The molecule has 1 saturated heterocycles. The third kappa shape index (κ3) is 1.36. The van der Waals surface area contributed by atoms with E-state index in [-0.39, 0.29) is 0 Å². The molecule has 3 nitrogen and oxygen atoms in total. The Bertz CT molecular complexity index is 546. The predicted octanol–water partition coefficient (Wildman–Crippen LogP) is 1.70. The second-order valence-corrected chi connectivity index (χ2v) is 4.91. The lowest BCUT2D eigenvalue weighted by Gasteiger charge is -2.02. The van der Waals surface area contributed by atoms with Gasteiger partial charge in [0.2, 0.25) is 0 Å². The highest BCUT2D eigenvalue weighted by Gasteiger charge is 2.25. The number of hydrogen-bond acceptors (Lipinski definition) is 4. The number of fused-ring (bicyclic) bond motifs is 1. The van der Waals surface area contributed by atoms with E-state index in [1.165, 1.54) is 0 Å². The molecule has 0 bridgehead atoms. The van der Waals surface area contributed by atoms with Gasteiger partial charge in [0.05, 0.1) is 16.5 Å². The predicted molar refractivity (Wildman–Crippen MR) is 72.3 cm³/mol. The summed E-state index contributed by atoms with van der Waals surface area (Å²) in [6.45, 7) is 0. The standard InChI is InChI=1S/C11H9N3S2/c12-10-7-4-2-1-3-6(7)8(14-10)9-11(15)13-5-16-9/h1-4H,5H2,(H2,12,14)(H,13,15). The summed E-state index contributed by atoms with van der Waals surface area (Å²) in [5, 5.41) is 3.12. The maximum Gasteiger partial charge on any atom is 0.132 e. The number of nitrogens with two attached hydrogens (primary N) is 1. The van der Waals surface area contributed by atoms with E-state index in [0.29, 0.717) is 5.84 Å². The highest BCUT2D eigenvalue weighted by molar-refractivity contribution is 8.06. The van der Waals surface area contributed by atoms with Crippen LogP contribution in [-0.2, 0) is 0 Å². The number of hydrogen-bond donors (Lipinski definition) is 2. The lowest BCUT2D eigenvalue weighted by Crippen LogP contribution is -2.12. The summed E-state index contributed by atoms with van der Waals surface area (Å²) in [6, 6.07) is 7.97. The molecule has 5 heteroatoms. The van der Waals surface area contributed by atoms with Crippen LogP contribution >= 0.6 is 24.0 Å².